The summed E-state index contributed by atoms with van der Waals surface area (Å²) in [6, 6.07) is 0. The van der Waals surface area contributed by atoms with Gasteiger partial charge in [0.2, 0.25) is 5.91 Å². The molecule has 2 N–H and O–H groups in total. The number of nitrogens with zero attached hydrogens (tertiary/aromatic N) is 1. The predicted molar refractivity (Wildman–Crippen MR) is 39.3 cm³/mol. The van der Waals surface area contributed by atoms with Crippen molar-refractivity contribution >= 4 is 5.91 Å². The first-order valence-corrected chi connectivity index (χ1v) is 3.59. The van der Waals surface area contributed by atoms with Crippen molar-refractivity contribution < 1.29 is 4.79 Å². The van der Waals surface area contributed by atoms with Gasteiger partial charge >= 0.3 is 0 Å². The lowest BCUT2D eigenvalue weighted by Gasteiger charge is -2.07. The van der Waals surface area contributed by atoms with Crippen molar-refractivity contribution in [2.24, 2.45) is 17.6 Å². The maximum atomic E-state index is 10.8. The van der Waals surface area contributed by atoms with E-state index in [0.717, 1.165) is 13.1 Å². The predicted octanol–water partition coefficient (Wildman–Crippen LogP) is -0.331. The van der Waals surface area contributed by atoms with Crippen LogP contribution in [0.15, 0.2) is 0 Å². The van der Waals surface area contributed by atoms with E-state index in [0.29, 0.717) is 5.92 Å². The first kappa shape index (κ1) is 7.54. The number of carbonyl (C=O) groups is 1. The van der Waals surface area contributed by atoms with Crippen LogP contribution in [0, 0.1) is 11.8 Å². The molecule has 3 nitrogen and oxygen atoms in total. The van der Waals surface area contributed by atoms with Gasteiger partial charge in [0.1, 0.15) is 0 Å². The lowest BCUT2D eigenvalue weighted by molar-refractivity contribution is -0.122. The van der Waals surface area contributed by atoms with Gasteiger partial charge in [0.05, 0.1) is 5.92 Å². The van der Waals surface area contributed by atoms with E-state index in [1.165, 1.54) is 0 Å². The van der Waals surface area contributed by atoms with E-state index >= 15 is 0 Å². The summed E-state index contributed by atoms with van der Waals surface area (Å²) in [5.74, 6) is 0.351. The molecule has 3 heteroatoms. The standard InChI is InChI=1S/C7H14N2O/c1-5-3-9(2)4-6(5)7(8)10/h5-6H,3-4H2,1-2H3,(H2,8,10)/t5-,6+/m1/s1. The van der Waals surface area contributed by atoms with Gasteiger partial charge in [0, 0.05) is 13.1 Å². The highest BCUT2D eigenvalue weighted by atomic mass is 16.1. The Hall–Kier alpha value is -0.570. The molecule has 1 aliphatic rings. The van der Waals surface area contributed by atoms with Crippen LogP contribution in [0.1, 0.15) is 6.92 Å². The van der Waals surface area contributed by atoms with Crippen molar-refractivity contribution in [1.29, 1.82) is 0 Å². The summed E-state index contributed by atoms with van der Waals surface area (Å²) in [7, 11) is 2.01. The minimum absolute atomic E-state index is 0.0741. The summed E-state index contributed by atoms with van der Waals surface area (Å²) in [5.41, 5.74) is 5.18. The number of nitrogens with two attached hydrogens (primary N) is 1. The van der Waals surface area contributed by atoms with E-state index in [9.17, 15) is 4.79 Å². The van der Waals surface area contributed by atoms with Gasteiger partial charge in [-0.3, -0.25) is 4.79 Å². The van der Waals surface area contributed by atoms with Gasteiger partial charge in [-0.2, -0.15) is 0 Å². The van der Waals surface area contributed by atoms with Crippen molar-refractivity contribution in [2.45, 2.75) is 6.92 Å². The summed E-state index contributed by atoms with van der Waals surface area (Å²) in [4.78, 5) is 12.9. The third kappa shape index (κ3) is 1.29. The summed E-state index contributed by atoms with van der Waals surface area (Å²) in [6.45, 7) is 3.89. The molecular formula is C7H14N2O. The highest BCUT2D eigenvalue weighted by molar-refractivity contribution is 5.77. The second-order valence-electron chi connectivity index (χ2n) is 3.21. The van der Waals surface area contributed by atoms with E-state index < -0.39 is 0 Å². The highest BCUT2D eigenvalue weighted by Crippen LogP contribution is 2.20. The quantitative estimate of drug-likeness (QED) is 0.545. The molecule has 0 radical (unpaired) electrons. The number of hydrogen-bond acceptors (Lipinski definition) is 2. The molecule has 0 spiro atoms. The average molecular weight is 142 g/mol. The van der Waals surface area contributed by atoms with Crippen LogP contribution in [0.4, 0.5) is 0 Å². The Bertz CT molecular complexity index is 147. The minimum Gasteiger partial charge on any atom is -0.369 e. The van der Waals surface area contributed by atoms with Gasteiger partial charge in [-0.05, 0) is 13.0 Å². The molecule has 1 heterocycles. The third-order valence-corrected chi connectivity index (χ3v) is 2.16. The Labute approximate surface area is 61.2 Å². The summed E-state index contributed by atoms with van der Waals surface area (Å²) in [6.07, 6.45) is 0. The van der Waals surface area contributed by atoms with Crippen molar-refractivity contribution in [1.82, 2.24) is 4.90 Å². The average Bonchev–Trinajstić information content (AvgIpc) is 2.10. The number of carbonyl (C=O) groups excluding carboxylic acids is 1. The molecule has 0 saturated carbocycles. The van der Waals surface area contributed by atoms with Crippen molar-refractivity contribution in [3.8, 4) is 0 Å². The van der Waals surface area contributed by atoms with E-state index in [2.05, 4.69) is 11.8 Å². The SMILES string of the molecule is C[C@@H]1CN(C)C[C@@H]1C(N)=O. The van der Waals surface area contributed by atoms with Crippen LogP contribution in [-0.2, 0) is 4.79 Å². The fourth-order valence-electron chi connectivity index (χ4n) is 1.58. The largest absolute Gasteiger partial charge is 0.369 e. The maximum Gasteiger partial charge on any atom is 0.222 e. The van der Waals surface area contributed by atoms with Gasteiger partial charge in [-0.25, -0.2) is 0 Å². The molecular weight excluding hydrogens is 128 g/mol. The molecule has 2 atom stereocenters. The summed E-state index contributed by atoms with van der Waals surface area (Å²) < 4.78 is 0. The van der Waals surface area contributed by atoms with Crippen LogP contribution in [0.25, 0.3) is 0 Å². The van der Waals surface area contributed by atoms with Crippen LogP contribution in [-0.4, -0.2) is 30.9 Å². The van der Waals surface area contributed by atoms with Crippen LogP contribution < -0.4 is 5.73 Å². The monoisotopic (exact) mass is 142 g/mol. The Morgan fingerprint density at radius 2 is 2.20 bits per heavy atom. The number of hydrogen-bond donors (Lipinski definition) is 1. The zero-order valence-corrected chi connectivity index (χ0v) is 6.50. The second-order valence-corrected chi connectivity index (χ2v) is 3.21. The molecule has 1 rings (SSSR count). The normalized spacial score (nSPS) is 34.6. The van der Waals surface area contributed by atoms with E-state index in [1.54, 1.807) is 0 Å². The molecule has 1 fully saturated rings. The first-order valence-electron chi connectivity index (χ1n) is 3.59. The Kier molecular flexibility index (Phi) is 1.94. The topological polar surface area (TPSA) is 46.3 Å². The van der Waals surface area contributed by atoms with Gasteiger partial charge in [0.25, 0.3) is 0 Å². The maximum absolute atomic E-state index is 10.8. The van der Waals surface area contributed by atoms with E-state index in [1.807, 2.05) is 7.05 Å². The molecule has 0 aromatic carbocycles. The molecule has 1 saturated heterocycles. The number of rotatable bonds is 1. The molecule has 0 aromatic rings. The molecule has 0 bridgehead atoms. The van der Waals surface area contributed by atoms with Gasteiger partial charge < -0.3 is 10.6 Å². The molecule has 0 aliphatic carbocycles. The minimum atomic E-state index is -0.156. The Balaban J connectivity index is 2.54. The fourth-order valence-corrected chi connectivity index (χ4v) is 1.58. The number of likely N-dealkylation sites (tertiary alicyclic amines) is 1. The van der Waals surface area contributed by atoms with Crippen molar-refractivity contribution in [3.05, 3.63) is 0 Å². The van der Waals surface area contributed by atoms with Crippen molar-refractivity contribution in [3.63, 3.8) is 0 Å². The van der Waals surface area contributed by atoms with Crippen molar-refractivity contribution in [2.75, 3.05) is 20.1 Å². The second kappa shape index (κ2) is 2.58. The molecule has 0 aromatic heterocycles. The zero-order chi connectivity index (χ0) is 7.72. The van der Waals surface area contributed by atoms with Gasteiger partial charge in [0.15, 0.2) is 0 Å². The van der Waals surface area contributed by atoms with Crippen LogP contribution in [0.2, 0.25) is 0 Å². The van der Waals surface area contributed by atoms with Crippen LogP contribution in [0.3, 0.4) is 0 Å². The first-order chi connectivity index (χ1) is 4.61. The smallest absolute Gasteiger partial charge is 0.222 e. The van der Waals surface area contributed by atoms with Crippen LogP contribution >= 0.6 is 0 Å². The van der Waals surface area contributed by atoms with E-state index in [-0.39, 0.29) is 11.8 Å². The fraction of sp³-hybridized carbons (Fsp3) is 0.857. The number of primary amides is 1. The van der Waals surface area contributed by atoms with Crippen LogP contribution in [0.5, 0.6) is 0 Å². The van der Waals surface area contributed by atoms with Gasteiger partial charge in [-0.1, -0.05) is 6.92 Å². The molecule has 58 valence electrons. The lowest BCUT2D eigenvalue weighted by Crippen LogP contribution is -2.28. The summed E-state index contributed by atoms with van der Waals surface area (Å²) >= 11 is 0. The van der Waals surface area contributed by atoms with Gasteiger partial charge in [-0.15, -0.1) is 0 Å². The Morgan fingerprint density at radius 1 is 1.60 bits per heavy atom. The molecule has 0 unspecified atom stereocenters. The lowest BCUT2D eigenvalue weighted by atomic mass is 9.98. The molecule has 1 aliphatic heterocycles. The number of amides is 1. The Morgan fingerprint density at radius 3 is 2.40 bits per heavy atom. The third-order valence-electron chi connectivity index (χ3n) is 2.16. The molecule has 1 amide bonds. The molecule has 10 heavy (non-hydrogen) atoms. The van der Waals surface area contributed by atoms with E-state index in [4.69, 9.17) is 5.73 Å². The zero-order valence-electron chi connectivity index (χ0n) is 6.50. The highest BCUT2D eigenvalue weighted by Gasteiger charge is 2.30. The summed E-state index contributed by atoms with van der Waals surface area (Å²) in [5, 5.41) is 0.